The Balaban J connectivity index is 1.89. The van der Waals surface area contributed by atoms with Crippen LogP contribution in [0.5, 0.6) is 0 Å². The summed E-state index contributed by atoms with van der Waals surface area (Å²) in [5.74, 6) is 0. The van der Waals surface area contributed by atoms with Gasteiger partial charge in [0.1, 0.15) is 0 Å². The second-order valence-electron chi connectivity index (χ2n) is 2.83. The third-order valence-corrected chi connectivity index (χ3v) is 2.09. The SMILES string of the molecule is NCN1CC2CC(C1)O2. The summed E-state index contributed by atoms with van der Waals surface area (Å²) in [6, 6.07) is 0. The van der Waals surface area contributed by atoms with Gasteiger partial charge in [0.15, 0.2) is 0 Å². The Hall–Kier alpha value is -0.120. The quantitative estimate of drug-likeness (QED) is 0.511. The number of morpholine rings is 1. The molecule has 0 aromatic heterocycles. The molecule has 3 heteroatoms. The topological polar surface area (TPSA) is 38.5 Å². The van der Waals surface area contributed by atoms with Crippen LogP contribution in [-0.2, 0) is 4.74 Å². The number of piperidine rings is 1. The van der Waals surface area contributed by atoms with Crippen LogP contribution in [0, 0.1) is 0 Å². The van der Waals surface area contributed by atoms with Crippen molar-refractivity contribution in [2.45, 2.75) is 18.6 Å². The average Bonchev–Trinajstić information content (AvgIpc) is 1.87. The number of nitrogens with two attached hydrogens (primary N) is 1. The molecule has 3 rings (SSSR count). The van der Waals surface area contributed by atoms with Crippen LogP contribution in [0.3, 0.4) is 0 Å². The van der Waals surface area contributed by atoms with E-state index < -0.39 is 0 Å². The Kier molecular flexibility index (Phi) is 1.22. The summed E-state index contributed by atoms with van der Waals surface area (Å²) in [6.45, 7) is 2.79. The minimum absolute atomic E-state index is 0.507. The van der Waals surface area contributed by atoms with Gasteiger partial charge in [-0.2, -0.15) is 0 Å². The van der Waals surface area contributed by atoms with Crippen molar-refractivity contribution < 1.29 is 4.74 Å². The maximum absolute atomic E-state index is 5.46. The highest BCUT2D eigenvalue weighted by atomic mass is 16.5. The van der Waals surface area contributed by atoms with Crippen LogP contribution in [0.1, 0.15) is 6.42 Å². The molecule has 3 fully saturated rings. The van der Waals surface area contributed by atoms with E-state index in [-0.39, 0.29) is 0 Å². The smallest absolute Gasteiger partial charge is 0.0732 e. The molecule has 3 saturated heterocycles. The summed E-state index contributed by atoms with van der Waals surface area (Å²) in [7, 11) is 0. The lowest BCUT2D eigenvalue weighted by Gasteiger charge is -2.46. The van der Waals surface area contributed by atoms with Gasteiger partial charge < -0.3 is 10.5 Å². The van der Waals surface area contributed by atoms with E-state index in [2.05, 4.69) is 4.90 Å². The van der Waals surface area contributed by atoms with E-state index in [0.29, 0.717) is 18.9 Å². The number of hydrogen-bond donors (Lipinski definition) is 1. The molecule has 2 bridgehead atoms. The number of ether oxygens (including phenoxy) is 1. The molecule has 3 heterocycles. The number of rotatable bonds is 1. The van der Waals surface area contributed by atoms with E-state index in [1.54, 1.807) is 0 Å². The van der Waals surface area contributed by atoms with Crippen molar-refractivity contribution in [3.63, 3.8) is 0 Å². The van der Waals surface area contributed by atoms with Crippen molar-refractivity contribution in [3.8, 4) is 0 Å². The molecule has 3 nitrogen and oxygen atoms in total. The fraction of sp³-hybridized carbons (Fsp3) is 1.00. The molecule has 0 aromatic rings. The van der Waals surface area contributed by atoms with Crippen molar-refractivity contribution in [2.24, 2.45) is 5.73 Å². The molecule has 0 aromatic carbocycles. The van der Waals surface area contributed by atoms with E-state index in [1.807, 2.05) is 0 Å². The summed E-state index contributed by atoms with van der Waals surface area (Å²) >= 11 is 0. The molecule has 0 aliphatic carbocycles. The Labute approximate surface area is 54.8 Å². The van der Waals surface area contributed by atoms with Gasteiger partial charge in [-0.25, -0.2) is 0 Å². The van der Waals surface area contributed by atoms with Crippen LogP contribution >= 0.6 is 0 Å². The Morgan fingerprint density at radius 3 is 2.33 bits per heavy atom. The molecule has 2 unspecified atom stereocenters. The minimum atomic E-state index is 0.507. The van der Waals surface area contributed by atoms with Crippen LogP contribution in [-0.4, -0.2) is 36.9 Å². The van der Waals surface area contributed by atoms with Gasteiger partial charge in [-0.05, 0) is 0 Å². The lowest BCUT2D eigenvalue weighted by molar-refractivity contribution is -0.180. The molecule has 0 amide bonds. The molecule has 0 saturated carbocycles. The van der Waals surface area contributed by atoms with Gasteiger partial charge in [0, 0.05) is 26.2 Å². The van der Waals surface area contributed by atoms with Gasteiger partial charge in [-0.15, -0.1) is 0 Å². The highest BCUT2D eigenvalue weighted by Gasteiger charge is 2.37. The van der Waals surface area contributed by atoms with Crippen molar-refractivity contribution in [3.05, 3.63) is 0 Å². The predicted octanol–water partition coefficient (Wildman–Crippen LogP) is -0.624. The van der Waals surface area contributed by atoms with E-state index in [9.17, 15) is 0 Å². The predicted molar refractivity (Wildman–Crippen MR) is 33.9 cm³/mol. The Morgan fingerprint density at radius 2 is 2.00 bits per heavy atom. The van der Waals surface area contributed by atoms with Gasteiger partial charge in [-0.3, -0.25) is 4.90 Å². The zero-order valence-electron chi connectivity index (χ0n) is 5.42. The van der Waals surface area contributed by atoms with Crippen LogP contribution in [0.25, 0.3) is 0 Å². The average molecular weight is 128 g/mol. The third kappa shape index (κ3) is 0.852. The van der Waals surface area contributed by atoms with E-state index >= 15 is 0 Å². The molecule has 0 spiro atoms. The van der Waals surface area contributed by atoms with Gasteiger partial charge >= 0.3 is 0 Å². The molecule has 2 atom stereocenters. The zero-order valence-corrected chi connectivity index (χ0v) is 5.42. The lowest BCUT2D eigenvalue weighted by atomic mass is 9.99. The monoisotopic (exact) mass is 128 g/mol. The highest BCUT2D eigenvalue weighted by Crippen LogP contribution is 2.26. The first-order valence-corrected chi connectivity index (χ1v) is 3.46. The van der Waals surface area contributed by atoms with E-state index in [0.717, 1.165) is 13.1 Å². The van der Waals surface area contributed by atoms with Crippen LogP contribution in [0.4, 0.5) is 0 Å². The maximum Gasteiger partial charge on any atom is 0.0732 e. The Morgan fingerprint density at radius 1 is 1.44 bits per heavy atom. The van der Waals surface area contributed by atoms with Crippen molar-refractivity contribution in [1.82, 2.24) is 4.90 Å². The first-order chi connectivity index (χ1) is 4.38. The fourth-order valence-corrected chi connectivity index (χ4v) is 1.59. The summed E-state index contributed by atoms with van der Waals surface area (Å²) in [5.41, 5.74) is 5.46. The van der Waals surface area contributed by atoms with E-state index in [1.165, 1.54) is 6.42 Å². The highest BCUT2D eigenvalue weighted by molar-refractivity contribution is 4.88. The molecule has 0 radical (unpaired) electrons. The molecular weight excluding hydrogens is 116 g/mol. The second kappa shape index (κ2) is 1.94. The van der Waals surface area contributed by atoms with Gasteiger partial charge in [0.2, 0.25) is 0 Å². The number of fused-ring (bicyclic) bond motifs is 2. The first kappa shape index (κ1) is 5.65. The summed E-state index contributed by atoms with van der Waals surface area (Å²) in [5, 5.41) is 0. The van der Waals surface area contributed by atoms with Crippen molar-refractivity contribution in [2.75, 3.05) is 19.8 Å². The van der Waals surface area contributed by atoms with Gasteiger partial charge in [0.25, 0.3) is 0 Å². The molecule has 2 N–H and O–H groups in total. The number of nitrogens with zero attached hydrogens (tertiary/aromatic N) is 1. The third-order valence-electron chi connectivity index (χ3n) is 2.09. The largest absolute Gasteiger partial charge is 0.372 e. The van der Waals surface area contributed by atoms with Crippen LogP contribution < -0.4 is 5.73 Å². The molecule has 52 valence electrons. The van der Waals surface area contributed by atoms with Gasteiger partial charge in [0.05, 0.1) is 12.2 Å². The standard InChI is InChI=1S/C6H12N2O/c7-4-8-2-5-1-6(3-8)9-5/h5-6H,1-4,7H2. The normalized spacial score (nSPS) is 42.3. The zero-order chi connectivity index (χ0) is 6.27. The fourth-order valence-electron chi connectivity index (χ4n) is 1.59. The van der Waals surface area contributed by atoms with Crippen LogP contribution in [0.15, 0.2) is 0 Å². The summed E-state index contributed by atoms with van der Waals surface area (Å²) in [6.07, 6.45) is 2.27. The van der Waals surface area contributed by atoms with E-state index in [4.69, 9.17) is 10.5 Å². The maximum atomic E-state index is 5.46. The van der Waals surface area contributed by atoms with Crippen molar-refractivity contribution >= 4 is 0 Å². The number of hydrogen-bond acceptors (Lipinski definition) is 3. The summed E-state index contributed by atoms with van der Waals surface area (Å²) in [4.78, 5) is 2.24. The summed E-state index contributed by atoms with van der Waals surface area (Å²) < 4.78 is 5.41. The first-order valence-electron chi connectivity index (χ1n) is 3.46. The van der Waals surface area contributed by atoms with Gasteiger partial charge in [-0.1, -0.05) is 0 Å². The Bertz CT molecular complexity index is 102. The minimum Gasteiger partial charge on any atom is -0.372 e. The van der Waals surface area contributed by atoms with Crippen molar-refractivity contribution in [1.29, 1.82) is 0 Å². The lowest BCUT2D eigenvalue weighted by Crippen LogP contribution is -2.58. The molecule has 9 heavy (non-hydrogen) atoms. The molecule has 3 aliphatic heterocycles. The molecular formula is C6H12N2O. The second-order valence-corrected chi connectivity index (χ2v) is 2.83. The molecule has 3 aliphatic rings. The van der Waals surface area contributed by atoms with Crippen LogP contribution in [0.2, 0.25) is 0 Å².